The normalized spacial score (nSPS) is 10.2. The maximum atomic E-state index is 11.6. The molecule has 0 fully saturated rings. The summed E-state index contributed by atoms with van der Waals surface area (Å²) in [6.07, 6.45) is 0.916. The van der Waals surface area contributed by atoms with E-state index in [1.165, 1.54) is 7.11 Å². The van der Waals surface area contributed by atoms with Crippen LogP contribution in [0.4, 0.5) is 0 Å². The van der Waals surface area contributed by atoms with Crippen molar-refractivity contribution in [1.29, 1.82) is 0 Å². The molecule has 24 heavy (non-hydrogen) atoms. The van der Waals surface area contributed by atoms with Gasteiger partial charge in [-0.2, -0.15) is 0 Å². The highest BCUT2D eigenvalue weighted by Gasteiger charge is 2.12. The van der Waals surface area contributed by atoms with Crippen molar-refractivity contribution in [3.63, 3.8) is 0 Å². The predicted molar refractivity (Wildman–Crippen MR) is 80.1 cm³/mol. The summed E-state index contributed by atoms with van der Waals surface area (Å²) in [5, 5.41) is 8.31. The molecule has 0 aliphatic rings. The van der Waals surface area contributed by atoms with Gasteiger partial charge in [0.2, 0.25) is 0 Å². The van der Waals surface area contributed by atoms with Crippen molar-refractivity contribution < 1.29 is 38.5 Å². The molecular formula is C16H16O8. The Morgan fingerprint density at radius 1 is 1.04 bits per heavy atom. The van der Waals surface area contributed by atoms with Gasteiger partial charge in [-0.15, -0.1) is 0 Å². The lowest BCUT2D eigenvalue weighted by atomic mass is 10.1. The van der Waals surface area contributed by atoms with Gasteiger partial charge >= 0.3 is 23.9 Å². The third kappa shape index (κ3) is 7.74. The minimum Gasteiger partial charge on any atom is -0.497 e. The Balaban J connectivity index is 2.29. The summed E-state index contributed by atoms with van der Waals surface area (Å²) in [5.74, 6) is -3.14. The zero-order chi connectivity index (χ0) is 17.9. The predicted octanol–water partition coefficient (Wildman–Crippen LogP) is 0.882. The number of esters is 3. The highest BCUT2D eigenvalue weighted by molar-refractivity contribution is 5.91. The third-order valence-corrected chi connectivity index (χ3v) is 2.65. The monoisotopic (exact) mass is 336 g/mol. The average Bonchev–Trinajstić information content (AvgIpc) is 2.53. The zero-order valence-electron chi connectivity index (χ0n) is 12.9. The van der Waals surface area contributed by atoms with Gasteiger partial charge < -0.3 is 19.3 Å². The molecule has 0 heterocycles. The minimum absolute atomic E-state index is 0.0864. The van der Waals surface area contributed by atoms with Gasteiger partial charge in [0.05, 0.1) is 20.0 Å². The Labute approximate surface area is 137 Å². The molecule has 0 unspecified atom stereocenters. The first-order chi connectivity index (χ1) is 11.4. The Kier molecular flexibility index (Phi) is 7.69. The second kappa shape index (κ2) is 9.78. The fraction of sp³-hybridized carbons (Fsp3) is 0.250. The SMILES string of the molecule is COc1ccc(CC(=O)OC(=O)CCOC(=O)/C=C/C(=O)O)cc1. The largest absolute Gasteiger partial charge is 0.497 e. The Bertz CT molecular complexity index is 630. The van der Waals surface area contributed by atoms with E-state index in [1.807, 2.05) is 0 Å². The number of carbonyl (C=O) groups is 4. The number of carboxylic acid groups (broad SMARTS) is 1. The van der Waals surface area contributed by atoms with Gasteiger partial charge in [0.1, 0.15) is 12.4 Å². The van der Waals surface area contributed by atoms with Crippen molar-refractivity contribution >= 4 is 23.9 Å². The fourth-order valence-electron chi connectivity index (χ4n) is 1.55. The standard InChI is InChI=1S/C16H16O8/c1-22-12-4-2-11(3-5-12)10-16(21)24-15(20)8-9-23-14(19)7-6-13(17)18/h2-7H,8-10H2,1H3,(H,17,18)/b7-6+. The van der Waals surface area contributed by atoms with E-state index in [0.29, 0.717) is 23.5 Å². The second-order valence-corrected chi connectivity index (χ2v) is 4.46. The summed E-state index contributed by atoms with van der Waals surface area (Å²) in [5.41, 5.74) is 0.652. The zero-order valence-corrected chi connectivity index (χ0v) is 12.9. The van der Waals surface area contributed by atoms with Crippen molar-refractivity contribution in [2.45, 2.75) is 12.8 Å². The van der Waals surface area contributed by atoms with Crippen molar-refractivity contribution in [3.8, 4) is 5.75 Å². The number of hydrogen-bond acceptors (Lipinski definition) is 7. The van der Waals surface area contributed by atoms with Crippen LogP contribution >= 0.6 is 0 Å². The van der Waals surface area contributed by atoms with Crippen LogP contribution in [0, 0.1) is 0 Å². The first kappa shape index (κ1) is 18.9. The van der Waals surface area contributed by atoms with E-state index >= 15 is 0 Å². The van der Waals surface area contributed by atoms with Crippen molar-refractivity contribution in [1.82, 2.24) is 0 Å². The molecule has 0 amide bonds. The van der Waals surface area contributed by atoms with Crippen LogP contribution in [0.1, 0.15) is 12.0 Å². The van der Waals surface area contributed by atoms with E-state index in [-0.39, 0.29) is 19.4 Å². The molecule has 1 aromatic rings. The average molecular weight is 336 g/mol. The molecule has 0 spiro atoms. The van der Waals surface area contributed by atoms with Crippen molar-refractivity contribution in [2.75, 3.05) is 13.7 Å². The van der Waals surface area contributed by atoms with E-state index in [9.17, 15) is 19.2 Å². The molecule has 1 N–H and O–H groups in total. The highest BCUT2D eigenvalue weighted by atomic mass is 16.6. The van der Waals surface area contributed by atoms with E-state index in [0.717, 1.165) is 0 Å². The Hall–Kier alpha value is -3.16. The van der Waals surface area contributed by atoms with E-state index < -0.39 is 23.9 Å². The number of ether oxygens (including phenoxy) is 3. The van der Waals surface area contributed by atoms with Crippen molar-refractivity contribution in [3.05, 3.63) is 42.0 Å². The molecule has 0 radical (unpaired) electrons. The number of aliphatic carboxylic acids is 1. The number of benzene rings is 1. The van der Waals surface area contributed by atoms with Crippen LogP contribution < -0.4 is 4.74 Å². The molecule has 0 aliphatic heterocycles. The van der Waals surface area contributed by atoms with Gasteiger partial charge in [-0.1, -0.05) is 12.1 Å². The van der Waals surface area contributed by atoms with Crippen LogP contribution in [-0.2, 0) is 35.1 Å². The smallest absolute Gasteiger partial charge is 0.331 e. The number of methoxy groups -OCH3 is 1. The summed E-state index contributed by atoms with van der Waals surface area (Å²) >= 11 is 0. The summed E-state index contributed by atoms with van der Waals surface area (Å²) in [4.78, 5) is 44.2. The lowest BCUT2D eigenvalue weighted by molar-refractivity contribution is -0.160. The molecule has 0 bridgehead atoms. The molecule has 128 valence electrons. The van der Waals surface area contributed by atoms with Gasteiger partial charge in [0.15, 0.2) is 0 Å². The van der Waals surface area contributed by atoms with Gasteiger partial charge in [-0.25, -0.2) is 9.59 Å². The topological polar surface area (TPSA) is 116 Å². The van der Waals surface area contributed by atoms with E-state index in [1.54, 1.807) is 24.3 Å². The first-order valence-corrected chi connectivity index (χ1v) is 6.85. The number of rotatable bonds is 8. The molecule has 0 atom stereocenters. The van der Waals surface area contributed by atoms with Gasteiger partial charge in [-0.05, 0) is 17.7 Å². The summed E-state index contributed by atoms with van der Waals surface area (Å²) in [6.45, 7) is -0.322. The van der Waals surface area contributed by atoms with Crippen LogP contribution in [-0.4, -0.2) is 42.7 Å². The highest BCUT2D eigenvalue weighted by Crippen LogP contribution is 2.12. The Morgan fingerprint density at radius 2 is 1.71 bits per heavy atom. The molecule has 1 rings (SSSR count). The summed E-state index contributed by atoms with van der Waals surface area (Å²) < 4.78 is 14.1. The van der Waals surface area contributed by atoms with E-state index in [4.69, 9.17) is 9.84 Å². The molecule has 0 aromatic heterocycles. The van der Waals surface area contributed by atoms with Crippen molar-refractivity contribution in [2.24, 2.45) is 0 Å². The van der Waals surface area contributed by atoms with Crippen LogP contribution in [0.25, 0.3) is 0 Å². The van der Waals surface area contributed by atoms with Crippen LogP contribution in [0.3, 0.4) is 0 Å². The minimum atomic E-state index is -1.30. The Morgan fingerprint density at radius 3 is 2.29 bits per heavy atom. The lowest BCUT2D eigenvalue weighted by Crippen LogP contribution is -2.16. The molecule has 0 saturated carbocycles. The van der Waals surface area contributed by atoms with Crippen LogP contribution in [0.15, 0.2) is 36.4 Å². The maximum Gasteiger partial charge on any atom is 0.331 e. The summed E-state index contributed by atoms with van der Waals surface area (Å²) in [7, 11) is 1.52. The van der Waals surface area contributed by atoms with Crippen LogP contribution in [0.5, 0.6) is 5.75 Å². The maximum absolute atomic E-state index is 11.6. The number of carbonyl (C=O) groups excluding carboxylic acids is 3. The number of carboxylic acids is 1. The molecule has 0 saturated heterocycles. The fourth-order valence-corrected chi connectivity index (χ4v) is 1.55. The lowest BCUT2D eigenvalue weighted by Gasteiger charge is -2.05. The number of hydrogen-bond donors (Lipinski definition) is 1. The molecule has 0 aliphatic carbocycles. The quantitative estimate of drug-likeness (QED) is 0.422. The second-order valence-electron chi connectivity index (χ2n) is 4.46. The molecular weight excluding hydrogens is 320 g/mol. The van der Waals surface area contributed by atoms with E-state index in [2.05, 4.69) is 9.47 Å². The first-order valence-electron chi connectivity index (χ1n) is 6.85. The van der Waals surface area contributed by atoms with Crippen LogP contribution in [0.2, 0.25) is 0 Å². The molecule has 1 aromatic carbocycles. The molecule has 8 heteroatoms. The molecule has 8 nitrogen and oxygen atoms in total. The van der Waals surface area contributed by atoms with Gasteiger partial charge in [0.25, 0.3) is 0 Å². The van der Waals surface area contributed by atoms with Gasteiger partial charge in [-0.3, -0.25) is 9.59 Å². The third-order valence-electron chi connectivity index (χ3n) is 2.65. The van der Waals surface area contributed by atoms with Gasteiger partial charge in [0, 0.05) is 12.2 Å². The summed E-state index contributed by atoms with van der Waals surface area (Å²) in [6, 6.07) is 6.69.